The van der Waals surface area contributed by atoms with Gasteiger partial charge in [-0.05, 0) is 39.0 Å². The van der Waals surface area contributed by atoms with Gasteiger partial charge >= 0.3 is 11.9 Å². The molecule has 2 aliphatic carbocycles. The first-order valence-electron chi connectivity index (χ1n) is 6.20. The lowest BCUT2D eigenvalue weighted by molar-refractivity contribution is -0.156. The van der Waals surface area contributed by atoms with Crippen LogP contribution in [0, 0.1) is 11.3 Å². The summed E-state index contributed by atoms with van der Waals surface area (Å²) < 4.78 is 10.1. The summed E-state index contributed by atoms with van der Waals surface area (Å²) in [5.74, 6) is -0.291. The van der Waals surface area contributed by atoms with Crippen molar-refractivity contribution in [2.45, 2.75) is 33.1 Å². The van der Waals surface area contributed by atoms with Gasteiger partial charge in [0.1, 0.15) is 5.41 Å². The van der Waals surface area contributed by atoms with E-state index >= 15 is 0 Å². The smallest absolute Gasteiger partial charge is 0.334 e. The molecule has 94 valence electrons. The topological polar surface area (TPSA) is 52.6 Å². The third-order valence-electron chi connectivity index (χ3n) is 3.63. The third kappa shape index (κ3) is 1.85. The highest BCUT2D eigenvalue weighted by Crippen LogP contribution is 2.54. The Morgan fingerprint density at radius 2 is 2.06 bits per heavy atom. The van der Waals surface area contributed by atoms with Gasteiger partial charge in [-0.1, -0.05) is 6.08 Å². The molecule has 0 aromatic rings. The Morgan fingerprint density at radius 1 is 1.35 bits per heavy atom. The number of carbonyl (C=O) groups is 2. The van der Waals surface area contributed by atoms with Crippen LogP contribution in [-0.2, 0) is 19.1 Å². The van der Waals surface area contributed by atoms with Gasteiger partial charge in [-0.15, -0.1) is 0 Å². The molecule has 0 aliphatic heterocycles. The minimum Gasteiger partial charge on any atom is -0.465 e. The highest BCUT2D eigenvalue weighted by Gasteiger charge is 2.55. The van der Waals surface area contributed by atoms with Gasteiger partial charge in [0, 0.05) is 0 Å². The van der Waals surface area contributed by atoms with Gasteiger partial charge < -0.3 is 9.47 Å². The Hall–Kier alpha value is -1.32. The maximum absolute atomic E-state index is 12.1. The van der Waals surface area contributed by atoms with Gasteiger partial charge in [0.25, 0.3) is 0 Å². The first-order valence-corrected chi connectivity index (χ1v) is 6.20. The van der Waals surface area contributed by atoms with Gasteiger partial charge in [-0.3, -0.25) is 4.79 Å². The second kappa shape index (κ2) is 4.51. The number of fused-ring (bicyclic) bond motifs is 2. The molecule has 4 nitrogen and oxygen atoms in total. The second-order valence-electron chi connectivity index (χ2n) is 4.61. The molecule has 4 heteroatoms. The predicted molar refractivity (Wildman–Crippen MR) is 61.1 cm³/mol. The minimum atomic E-state index is -0.715. The van der Waals surface area contributed by atoms with Crippen molar-refractivity contribution in [2.24, 2.45) is 11.3 Å². The number of allylic oxidation sites excluding steroid dienone is 1. The fourth-order valence-electron chi connectivity index (χ4n) is 2.90. The fourth-order valence-corrected chi connectivity index (χ4v) is 2.90. The molecule has 2 unspecified atom stereocenters. The molecule has 1 saturated carbocycles. The molecule has 0 aromatic heterocycles. The van der Waals surface area contributed by atoms with Crippen LogP contribution in [0.2, 0.25) is 0 Å². The SMILES string of the molecule is CCOC(=O)C1=CC2CCC1(C(=O)OCC)C2. The lowest BCUT2D eigenvalue weighted by atomic mass is 9.80. The molecule has 17 heavy (non-hydrogen) atoms. The maximum atomic E-state index is 12.1. The van der Waals surface area contributed by atoms with Crippen LogP contribution in [-0.4, -0.2) is 25.2 Å². The highest BCUT2D eigenvalue weighted by molar-refractivity contribution is 5.99. The van der Waals surface area contributed by atoms with E-state index in [0.717, 1.165) is 6.42 Å². The Morgan fingerprint density at radius 3 is 2.65 bits per heavy atom. The van der Waals surface area contributed by atoms with E-state index in [9.17, 15) is 9.59 Å². The average molecular weight is 238 g/mol. The van der Waals surface area contributed by atoms with Crippen LogP contribution in [0.3, 0.4) is 0 Å². The van der Waals surface area contributed by atoms with Crippen LogP contribution in [0.4, 0.5) is 0 Å². The Labute approximate surface area is 101 Å². The summed E-state index contributed by atoms with van der Waals surface area (Å²) in [7, 11) is 0. The van der Waals surface area contributed by atoms with Gasteiger partial charge in [-0.2, -0.15) is 0 Å². The van der Waals surface area contributed by atoms with E-state index in [0.29, 0.717) is 37.5 Å². The molecule has 0 aromatic carbocycles. The molecule has 0 amide bonds. The summed E-state index contributed by atoms with van der Waals surface area (Å²) in [5.41, 5.74) is -0.193. The number of carbonyl (C=O) groups excluding carboxylic acids is 2. The van der Waals surface area contributed by atoms with Crippen molar-refractivity contribution < 1.29 is 19.1 Å². The Balaban J connectivity index is 2.23. The second-order valence-corrected chi connectivity index (χ2v) is 4.61. The fraction of sp³-hybridized carbons (Fsp3) is 0.692. The van der Waals surface area contributed by atoms with Crippen LogP contribution in [0.25, 0.3) is 0 Å². The van der Waals surface area contributed by atoms with E-state index in [1.54, 1.807) is 13.8 Å². The van der Waals surface area contributed by atoms with Crippen molar-refractivity contribution in [1.82, 2.24) is 0 Å². The molecule has 0 saturated heterocycles. The van der Waals surface area contributed by atoms with Crippen molar-refractivity contribution in [3.8, 4) is 0 Å². The first kappa shape index (κ1) is 12.1. The van der Waals surface area contributed by atoms with Crippen LogP contribution < -0.4 is 0 Å². The lowest BCUT2D eigenvalue weighted by Crippen LogP contribution is -2.34. The van der Waals surface area contributed by atoms with Crippen LogP contribution in [0.15, 0.2) is 11.6 Å². The van der Waals surface area contributed by atoms with Crippen LogP contribution >= 0.6 is 0 Å². The summed E-state index contributed by atoms with van der Waals surface area (Å²) >= 11 is 0. The van der Waals surface area contributed by atoms with Crippen LogP contribution in [0.5, 0.6) is 0 Å². The van der Waals surface area contributed by atoms with E-state index in [1.807, 2.05) is 6.08 Å². The molecular formula is C13H18O4. The van der Waals surface area contributed by atoms with Crippen molar-refractivity contribution in [3.63, 3.8) is 0 Å². The monoisotopic (exact) mass is 238 g/mol. The molecule has 2 atom stereocenters. The van der Waals surface area contributed by atoms with Crippen molar-refractivity contribution in [1.29, 1.82) is 0 Å². The number of hydrogen-bond acceptors (Lipinski definition) is 4. The van der Waals surface area contributed by atoms with E-state index in [1.165, 1.54) is 0 Å². The van der Waals surface area contributed by atoms with Crippen molar-refractivity contribution >= 4 is 11.9 Å². The summed E-state index contributed by atoms with van der Waals surface area (Å²) in [6.07, 6.45) is 4.28. The Kier molecular flexibility index (Phi) is 3.22. The van der Waals surface area contributed by atoms with E-state index < -0.39 is 5.41 Å². The molecule has 0 spiro atoms. The number of rotatable bonds is 4. The number of ether oxygens (including phenoxy) is 2. The van der Waals surface area contributed by atoms with Crippen molar-refractivity contribution in [2.75, 3.05) is 13.2 Å². The van der Waals surface area contributed by atoms with Gasteiger partial charge in [-0.25, -0.2) is 4.79 Å². The third-order valence-corrected chi connectivity index (χ3v) is 3.63. The van der Waals surface area contributed by atoms with E-state index in [2.05, 4.69) is 0 Å². The van der Waals surface area contributed by atoms with E-state index in [-0.39, 0.29) is 11.9 Å². The number of esters is 2. The quantitative estimate of drug-likeness (QED) is 0.701. The largest absolute Gasteiger partial charge is 0.465 e. The van der Waals surface area contributed by atoms with Gasteiger partial charge in [0.2, 0.25) is 0 Å². The highest BCUT2D eigenvalue weighted by atomic mass is 16.5. The maximum Gasteiger partial charge on any atom is 0.334 e. The molecule has 0 N–H and O–H groups in total. The predicted octanol–water partition coefficient (Wildman–Crippen LogP) is 1.84. The first-order chi connectivity index (χ1) is 8.14. The van der Waals surface area contributed by atoms with Gasteiger partial charge in [0.05, 0.1) is 18.8 Å². The van der Waals surface area contributed by atoms with Crippen molar-refractivity contribution in [3.05, 3.63) is 11.6 Å². The molecule has 0 radical (unpaired) electrons. The number of hydrogen-bond donors (Lipinski definition) is 0. The summed E-state index contributed by atoms with van der Waals surface area (Å²) in [4.78, 5) is 23.9. The zero-order valence-corrected chi connectivity index (χ0v) is 10.3. The summed E-state index contributed by atoms with van der Waals surface area (Å²) in [5, 5.41) is 0. The molecule has 1 fully saturated rings. The summed E-state index contributed by atoms with van der Waals surface area (Å²) in [6.45, 7) is 4.23. The van der Waals surface area contributed by atoms with Crippen LogP contribution in [0.1, 0.15) is 33.1 Å². The standard InChI is InChI=1S/C13H18O4/c1-3-16-11(14)10-7-9-5-6-13(10,8-9)12(15)17-4-2/h7,9H,3-6,8H2,1-2H3. The summed E-state index contributed by atoms with van der Waals surface area (Å²) in [6, 6.07) is 0. The van der Waals surface area contributed by atoms with E-state index in [4.69, 9.17) is 9.47 Å². The molecule has 2 rings (SSSR count). The zero-order chi connectivity index (χ0) is 12.5. The normalized spacial score (nSPS) is 30.0. The Bertz CT molecular complexity index is 372. The van der Waals surface area contributed by atoms with Gasteiger partial charge in [0.15, 0.2) is 0 Å². The molecule has 0 heterocycles. The average Bonchev–Trinajstić information content (AvgIpc) is 2.88. The minimum absolute atomic E-state index is 0.265. The molecule has 2 aliphatic rings. The molecular weight excluding hydrogens is 220 g/mol. The zero-order valence-electron chi connectivity index (χ0n) is 10.3. The molecule has 2 bridgehead atoms. The lowest BCUT2D eigenvalue weighted by Gasteiger charge is -2.26.